The Morgan fingerprint density at radius 3 is 2.52 bits per heavy atom. The maximum Gasteiger partial charge on any atom is 0.166 e. The van der Waals surface area contributed by atoms with Crippen molar-refractivity contribution in [3.05, 3.63) is 57.6 Å². The predicted molar refractivity (Wildman–Crippen MR) is 86.3 cm³/mol. The normalized spacial score (nSPS) is 10.5. The SMILES string of the molecule is CCOc1cccc(CN)c1OCc1ccc(Cl)c(Cl)c1. The highest BCUT2D eigenvalue weighted by Crippen LogP contribution is 2.32. The first-order chi connectivity index (χ1) is 10.2. The van der Waals surface area contributed by atoms with E-state index in [4.69, 9.17) is 38.4 Å². The van der Waals surface area contributed by atoms with Gasteiger partial charge in [-0.15, -0.1) is 0 Å². The molecule has 0 spiro atoms. The molecule has 0 heterocycles. The lowest BCUT2D eigenvalue weighted by atomic mass is 10.2. The maximum atomic E-state index is 6.00. The van der Waals surface area contributed by atoms with Crippen molar-refractivity contribution in [3.63, 3.8) is 0 Å². The Labute approximate surface area is 134 Å². The molecular formula is C16H17Cl2NO2. The fourth-order valence-electron chi connectivity index (χ4n) is 1.94. The van der Waals surface area contributed by atoms with Crippen LogP contribution in [-0.2, 0) is 13.2 Å². The van der Waals surface area contributed by atoms with Gasteiger partial charge in [-0.3, -0.25) is 0 Å². The lowest BCUT2D eigenvalue weighted by Crippen LogP contribution is -2.05. The number of hydrogen-bond donors (Lipinski definition) is 1. The summed E-state index contributed by atoms with van der Waals surface area (Å²) in [7, 11) is 0. The molecule has 0 aromatic heterocycles. The van der Waals surface area contributed by atoms with Gasteiger partial charge in [-0.25, -0.2) is 0 Å². The van der Waals surface area contributed by atoms with E-state index in [1.807, 2.05) is 31.2 Å². The van der Waals surface area contributed by atoms with Gasteiger partial charge in [-0.2, -0.15) is 0 Å². The third kappa shape index (κ3) is 4.03. The Morgan fingerprint density at radius 1 is 1.05 bits per heavy atom. The summed E-state index contributed by atoms with van der Waals surface area (Å²) in [5.74, 6) is 1.37. The molecule has 0 saturated carbocycles. The highest BCUT2D eigenvalue weighted by molar-refractivity contribution is 6.42. The van der Waals surface area contributed by atoms with Crippen LogP contribution in [0, 0.1) is 0 Å². The second kappa shape index (κ2) is 7.55. The summed E-state index contributed by atoms with van der Waals surface area (Å²) in [5.41, 5.74) is 7.59. The van der Waals surface area contributed by atoms with Crippen molar-refractivity contribution in [1.29, 1.82) is 0 Å². The molecule has 0 atom stereocenters. The monoisotopic (exact) mass is 325 g/mol. The smallest absolute Gasteiger partial charge is 0.166 e. The zero-order valence-electron chi connectivity index (χ0n) is 11.7. The van der Waals surface area contributed by atoms with E-state index in [1.54, 1.807) is 12.1 Å². The first kappa shape index (κ1) is 16.0. The van der Waals surface area contributed by atoms with Crippen LogP contribution in [-0.4, -0.2) is 6.61 Å². The fourth-order valence-corrected chi connectivity index (χ4v) is 2.26. The number of benzene rings is 2. The largest absolute Gasteiger partial charge is 0.490 e. The molecule has 2 N–H and O–H groups in total. The standard InChI is InChI=1S/C16H17Cl2NO2/c1-2-20-15-5-3-4-12(9-19)16(15)21-10-11-6-7-13(17)14(18)8-11/h3-8H,2,9-10,19H2,1H3. The van der Waals surface area contributed by atoms with Crippen molar-refractivity contribution in [2.45, 2.75) is 20.1 Å². The molecule has 2 aromatic rings. The Kier molecular flexibility index (Phi) is 5.74. The Morgan fingerprint density at radius 2 is 1.86 bits per heavy atom. The van der Waals surface area contributed by atoms with E-state index < -0.39 is 0 Å². The van der Waals surface area contributed by atoms with Crippen molar-refractivity contribution in [3.8, 4) is 11.5 Å². The first-order valence-corrected chi connectivity index (χ1v) is 7.42. The molecule has 0 amide bonds. The van der Waals surface area contributed by atoms with Crippen molar-refractivity contribution in [2.24, 2.45) is 5.73 Å². The number of halogens is 2. The van der Waals surface area contributed by atoms with Crippen LogP contribution in [0.3, 0.4) is 0 Å². The molecule has 0 bridgehead atoms. The Hall–Kier alpha value is -1.42. The summed E-state index contributed by atoms with van der Waals surface area (Å²) in [6.45, 7) is 3.25. The van der Waals surface area contributed by atoms with E-state index in [0.717, 1.165) is 11.1 Å². The number of ether oxygens (including phenoxy) is 2. The Balaban J connectivity index is 2.20. The molecule has 2 aromatic carbocycles. The summed E-state index contributed by atoms with van der Waals surface area (Å²) in [5, 5.41) is 1.03. The van der Waals surface area contributed by atoms with Gasteiger partial charge in [0.05, 0.1) is 16.7 Å². The number of para-hydroxylation sites is 1. The van der Waals surface area contributed by atoms with Crippen LogP contribution in [0.15, 0.2) is 36.4 Å². The van der Waals surface area contributed by atoms with Gasteiger partial charge in [0.25, 0.3) is 0 Å². The fraction of sp³-hybridized carbons (Fsp3) is 0.250. The number of rotatable bonds is 6. The highest BCUT2D eigenvalue weighted by Gasteiger charge is 2.10. The molecule has 0 fully saturated rings. The summed E-state index contributed by atoms with van der Waals surface area (Å²) in [4.78, 5) is 0. The van der Waals surface area contributed by atoms with Crippen molar-refractivity contribution in [1.82, 2.24) is 0 Å². The van der Waals surface area contributed by atoms with Crippen molar-refractivity contribution < 1.29 is 9.47 Å². The molecule has 0 aliphatic carbocycles. The van der Waals surface area contributed by atoms with Crippen molar-refractivity contribution >= 4 is 23.2 Å². The van der Waals surface area contributed by atoms with Gasteiger partial charge in [0.15, 0.2) is 11.5 Å². The molecular weight excluding hydrogens is 309 g/mol. The topological polar surface area (TPSA) is 44.5 Å². The van der Waals surface area contributed by atoms with Gasteiger partial charge in [0.1, 0.15) is 6.61 Å². The molecule has 0 unspecified atom stereocenters. The van der Waals surface area contributed by atoms with Gasteiger partial charge in [-0.1, -0.05) is 41.4 Å². The van der Waals surface area contributed by atoms with Crippen LogP contribution in [0.1, 0.15) is 18.1 Å². The molecule has 0 saturated heterocycles. The van der Waals surface area contributed by atoms with Gasteiger partial charge < -0.3 is 15.2 Å². The van der Waals surface area contributed by atoms with Crippen LogP contribution >= 0.6 is 23.2 Å². The second-order valence-corrected chi connectivity index (χ2v) is 5.23. The predicted octanol–water partition coefficient (Wildman–Crippen LogP) is 4.43. The maximum absolute atomic E-state index is 6.00. The highest BCUT2D eigenvalue weighted by atomic mass is 35.5. The molecule has 2 rings (SSSR count). The van der Waals surface area contributed by atoms with Gasteiger partial charge >= 0.3 is 0 Å². The molecule has 0 aliphatic heterocycles. The average Bonchev–Trinajstić information content (AvgIpc) is 2.49. The molecule has 0 radical (unpaired) electrons. The molecule has 21 heavy (non-hydrogen) atoms. The van der Waals surface area contributed by atoms with E-state index in [-0.39, 0.29) is 0 Å². The van der Waals surface area contributed by atoms with Gasteiger partial charge in [-0.05, 0) is 30.7 Å². The van der Waals surface area contributed by atoms with Crippen LogP contribution in [0.25, 0.3) is 0 Å². The summed E-state index contributed by atoms with van der Waals surface area (Å²) < 4.78 is 11.5. The van der Waals surface area contributed by atoms with Crippen LogP contribution in [0.4, 0.5) is 0 Å². The van der Waals surface area contributed by atoms with E-state index in [9.17, 15) is 0 Å². The third-order valence-electron chi connectivity index (χ3n) is 2.95. The zero-order valence-corrected chi connectivity index (χ0v) is 13.2. The number of hydrogen-bond acceptors (Lipinski definition) is 3. The summed E-state index contributed by atoms with van der Waals surface area (Å²) in [6.07, 6.45) is 0. The second-order valence-electron chi connectivity index (χ2n) is 4.42. The molecule has 112 valence electrons. The lowest BCUT2D eigenvalue weighted by Gasteiger charge is -2.15. The lowest BCUT2D eigenvalue weighted by molar-refractivity contribution is 0.267. The minimum Gasteiger partial charge on any atom is -0.490 e. The van der Waals surface area contributed by atoms with E-state index >= 15 is 0 Å². The molecule has 5 heteroatoms. The minimum atomic E-state index is 0.369. The van der Waals surface area contributed by atoms with Gasteiger partial charge in [0.2, 0.25) is 0 Å². The molecule has 3 nitrogen and oxygen atoms in total. The van der Waals surface area contributed by atoms with E-state index in [1.165, 1.54) is 0 Å². The van der Waals surface area contributed by atoms with Crippen LogP contribution in [0.5, 0.6) is 11.5 Å². The summed E-state index contributed by atoms with van der Waals surface area (Å²) in [6, 6.07) is 11.1. The first-order valence-electron chi connectivity index (χ1n) is 6.67. The average molecular weight is 326 g/mol. The van der Waals surface area contributed by atoms with Crippen molar-refractivity contribution in [2.75, 3.05) is 6.61 Å². The zero-order chi connectivity index (χ0) is 15.2. The van der Waals surface area contributed by atoms with E-state index in [0.29, 0.717) is 41.3 Å². The quantitative estimate of drug-likeness (QED) is 0.854. The summed E-state index contributed by atoms with van der Waals surface area (Å²) >= 11 is 11.9. The van der Waals surface area contributed by atoms with Gasteiger partial charge in [0, 0.05) is 12.1 Å². The van der Waals surface area contributed by atoms with Crippen LogP contribution < -0.4 is 15.2 Å². The third-order valence-corrected chi connectivity index (χ3v) is 3.69. The Bertz CT molecular complexity index is 617. The molecule has 0 aliphatic rings. The van der Waals surface area contributed by atoms with Crippen LogP contribution in [0.2, 0.25) is 10.0 Å². The number of nitrogens with two attached hydrogens (primary N) is 1. The van der Waals surface area contributed by atoms with E-state index in [2.05, 4.69) is 0 Å². The minimum absolute atomic E-state index is 0.369.